The number of allylic oxidation sites excluding steroid dienone is 4. The molecule has 4 saturated carbocycles. The van der Waals surface area contributed by atoms with E-state index < -0.39 is 0 Å². The predicted molar refractivity (Wildman–Crippen MR) is 99.9 cm³/mol. The van der Waals surface area contributed by atoms with E-state index in [9.17, 15) is 0 Å². The molecule has 0 heterocycles. The van der Waals surface area contributed by atoms with Gasteiger partial charge in [0.15, 0.2) is 19.5 Å². The lowest BCUT2D eigenvalue weighted by Crippen LogP contribution is -2.29. The van der Waals surface area contributed by atoms with Gasteiger partial charge in [0.25, 0.3) is 0 Å². The van der Waals surface area contributed by atoms with Gasteiger partial charge in [-0.05, 0) is 87.9 Å². The smallest absolute Gasteiger partial charge is 0.156 e. The van der Waals surface area contributed by atoms with Crippen LogP contribution in [0.25, 0.3) is 0 Å². The van der Waals surface area contributed by atoms with Gasteiger partial charge in [0.05, 0.1) is 0 Å². The van der Waals surface area contributed by atoms with E-state index in [0.717, 1.165) is 23.7 Å². The minimum atomic E-state index is -0.350. The SMILES string of the molecule is C1=C2C(CC1)C1CCC2([SiH2]O[SiH2]C23CCC(C2)C2CCC=C23)C1. The molecule has 6 atom stereocenters. The third-order valence-corrected chi connectivity index (χ3v) is 13.7. The molecule has 1 nitrogen and oxygen atoms in total. The molecule has 23 heavy (non-hydrogen) atoms. The van der Waals surface area contributed by atoms with Gasteiger partial charge in [-0.1, -0.05) is 23.3 Å². The van der Waals surface area contributed by atoms with Crippen LogP contribution in [0.15, 0.2) is 23.3 Å². The van der Waals surface area contributed by atoms with Crippen LogP contribution < -0.4 is 0 Å². The standard InChI is InChI=1S/C20H30OSi2/c1-3-15-13-7-9-19(11-13,17(15)5-1)22-21-23-20-10-8-14(12-20)16-4-2-6-18(16)20/h5-6,13-16H,1-4,7-12,22-23H2. The van der Waals surface area contributed by atoms with Crippen molar-refractivity contribution in [1.29, 1.82) is 0 Å². The molecular weight excluding hydrogens is 312 g/mol. The van der Waals surface area contributed by atoms with Crippen molar-refractivity contribution in [2.24, 2.45) is 23.7 Å². The summed E-state index contributed by atoms with van der Waals surface area (Å²) in [5.74, 6) is 4.13. The first-order valence-electron chi connectivity index (χ1n) is 10.3. The average Bonchev–Trinajstić information content (AvgIpc) is 3.32. The highest BCUT2D eigenvalue weighted by Gasteiger charge is 2.57. The van der Waals surface area contributed by atoms with Crippen molar-refractivity contribution in [3.05, 3.63) is 23.3 Å². The summed E-state index contributed by atoms with van der Waals surface area (Å²) in [5, 5.41) is 1.30. The average molecular weight is 343 g/mol. The van der Waals surface area contributed by atoms with Crippen molar-refractivity contribution < 1.29 is 4.12 Å². The minimum absolute atomic E-state index is 0.350. The summed E-state index contributed by atoms with van der Waals surface area (Å²) in [6, 6.07) is 0. The summed E-state index contributed by atoms with van der Waals surface area (Å²) >= 11 is 0. The van der Waals surface area contributed by atoms with Crippen molar-refractivity contribution >= 4 is 19.5 Å². The van der Waals surface area contributed by atoms with Crippen LogP contribution in [-0.4, -0.2) is 19.5 Å². The summed E-state index contributed by atoms with van der Waals surface area (Å²) in [6.07, 6.45) is 20.1. The second-order valence-electron chi connectivity index (χ2n) is 9.75. The first-order valence-corrected chi connectivity index (χ1v) is 12.9. The van der Waals surface area contributed by atoms with Crippen LogP contribution in [0.5, 0.6) is 0 Å². The number of hydrogen-bond donors (Lipinski definition) is 0. The normalized spacial score (nSPS) is 53.0. The Balaban J connectivity index is 1.18. The van der Waals surface area contributed by atoms with Gasteiger partial charge in [-0.25, -0.2) is 0 Å². The zero-order chi connectivity index (χ0) is 15.1. The van der Waals surface area contributed by atoms with Gasteiger partial charge in [-0.2, -0.15) is 0 Å². The van der Waals surface area contributed by atoms with Crippen LogP contribution in [-0.2, 0) is 4.12 Å². The number of hydrogen-bond acceptors (Lipinski definition) is 1. The molecule has 0 radical (unpaired) electrons. The lowest BCUT2D eigenvalue weighted by molar-refractivity contribution is 0.401. The fourth-order valence-corrected chi connectivity index (χ4v) is 14.4. The molecule has 0 amide bonds. The molecule has 3 heteroatoms. The maximum atomic E-state index is 6.86. The Hall–Kier alpha value is -0.126. The van der Waals surface area contributed by atoms with Crippen LogP contribution >= 0.6 is 0 Å². The molecule has 6 unspecified atom stereocenters. The van der Waals surface area contributed by atoms with Gasteiger partial charge in [0, 0.05) is 10.1 Å². The third-order valence-electron chi connectivity index (χ3n) is 8.90. The zero-order valence-corrected chi connectivity index (χ0v) is 17.2. The molecule has 4 fully saturated rings. The molecule has 6 rings (SSSR count). The lowest BCUT2D eigenvalue weighted by atomic mass is 9.85. The maximum absolute atomic E-state index is 6.86. The fraction of sp³-hybridized carbons (Fsp3) is 0.800. The van der Waals surface area contributed by atoms with E-state index in [1.54, 1.807) is 0 Å². The first kappa shape index (κ1) is 14.1. The lowest BCUT2D eigenvalue weighted by Gasteiger charge is -2.34. The van der Waals surface area contributed by atoms with Gasteiger partial charge in [0.1, 0.15) is 0 Å². The minimum Gasteiger partial charge on any atom is -0.464 e. The van der Waals surface area contributed by atoms with Crippen molar-refractivity contribution in [2.75, 3.05) is 0 Å². The van der Waals surface area contributed by atoms with Crippen molar-refractivity contribution in [3.63, 3.8) is 0 Å². The highest BCUT2D eigenvalue weighted by atomic mass is 28.3. The summed E-state index contributed by atoms with van der Waals surface area (Å²) in [5.41, 5.74) is 3.83. The summed E-state index contributed by atoms with van der Waals surface area (Å²) < 4.78 is 6.86. The van der Waals surface area contributed by atoms with Gasteiger partial charge < -0.3 is 4.12 Å². The molecule has 0 aromatic rings. The summed E-state index contributed by atoms with van der Waals surface area (Å²) in [6.45, 7) is 0. The number of rotatable bonds is 4. The molecule has 0 N–H and O–H groups in total. The Morgan fingerprint density at radius 3 is 1.83 bits per heavy atom. The summed E-state index contributed by atoms with van der Waals surface area (Å²) in [7, 11) is -0.700. The molecule has 6 aliphatic rings. The Kier molecular flexibility index (Phi) is 2.90. The molecule has 0 aromatic carbocycles. The van der Waals surface area contributed by atoms with Crippen molar-refractivity contribution in [1.82, 2.24) is 0 Å². The van der Waals surface area contributed by atoms with Crippen molar-refractivity contribution in [3.8, 4) is 0 Å². The van der Waals surface area contributed by atoms with Crippen LogP contribution in [0.1, 0.15) is 64.2 Å². The van der Waals surface area contributed by atoms with E-state index >= 15 is 0 Å². The third kappa shape index (κ3) is 1.77. The second-order valence-corrected chi connectivity index (χ2v) is 14.7. The van der Waals surface area contributed by atoms with E-state index in [2.05, 4.69) is 12.2 Å². The largest absolute Gasteiger partial charge is 0.464 e. The van der Waals surface area contributed by atoms with Crippen LogP contribution in [0, 0.1) is 23.7 Å². The molecular formula is C20H30OSi2. The van der Waals surface area contributed by atoms with E-state index in [0.29, 0.717) is 10.1 Å². The van der Waals surface area contributed by atoms with Gasteiger partial charge in [-0.3, -0.25) is 0 Å². The molecule has 0 aliphatic heterocycles. The molecule has 0 aromatic heterocycles. The Morgan fingerprint density at radius 2 is 1.30 bits per heavy atom. The number of fused-ring (bicyclic) bond motifs is 10. The van der Waals surface area contributed by atoms with E-state index in [-0.39, 0.29) is 19.5 Å². The van der Waals surface area contributed by atoms with E-state index in [1.807, 2.05) is 11.1 Å². The van der Waals surface area contributed by atoms with E-state index in [1.165, 1.54) is 64.2 Å². The Labute approximate surface area is 145 Å². The van der Waals surface area contributed by atoms with Crippen LogP contribution in [0.3, 0.4) is 0 Å². The maximum Gasteiger partial charge on any atom is 0.156 e. The van der Waals surface area contributed by atoms with Crippen LogP contribution in [0.2, 0.25) is 10.1 Å². The second kappa shape index (κ2) is 4.73. The van der Waals surface area contributed by atoms with Crippen molar-refractivity contribution in [2.45, 2.75) is 74.3 Å². The van der Waals surface area contributed by atoms with E-state index in [4.69, 9.17) is 4.12 Å². The van der Waals surface area contributed by atoms with Gasteiger partial charge in [-0.15, -0.1) is 0 Å². The predicted octanol–water partition coefficient (Wildman–Crippen LogP) is 3.79. The monoisotopic (exact) mass is 342 g/mol. The molecule has 0 spiro atoms. The molecule has 124 valence electrons. The highest BCUT2D eigenvalue weighted by molar-refractivity contribution is 6.48. The highest BCUT2D eigenvalue weighted by Crippen LogP contribution is 2.69. The topological polar surface area (TPSA) is 9.23 Å². The molecule has 6 aliphatic carbocycles. The molecule has 4 bridgehead atoms. The van der Waals surface area contributed by atoms with Crippen LogP contribution in [0.4, 0.5) is 0 Å². The zero-order valence-electron chi connectivity index (χ0n) is 14.4. The van der Waals surface area contributed by atoms with Gasteiger partial charge in [0.2, 0.25) is 0 Å². The fourth-order valence-electron chi connectivity index (χ4n) is 8.07. The quantitative estimate of drug-likeness (QED) is 0.558. The summed E-state index contributed by atoms with van der Waals surface area (Å²) in [4.78, 5) is 0. The van der Waals surface area contributed by atoms with Gasteiger partial charge >= 0.3 is 0 Å². The first-order chi connectivity index (χ1) is 11.3. The Morgan fingerprint density at radius 1 is 0.783 bits per heavy atom. The molecule has 0 saturated heterocycles. The Bertz CT molecular complexity index is 559.